The highest BCUT2D eigenvalue weighted by Gasteiger charge is 2.79. The smallest absolute Gasteiger partial charge is 0.318 e. The topological polar surface area (TPSA) is 85.2 Å². The third-order valence-corrected chi connectivity index (χ3v) is 9.07. The molecule has 0 aromatic rings. The van der Waals surface area contributed by atoms with E-state index in [2.05, 4.69) is 13.0 Å². The first-order valence-corrected chi connectivity index (χ1v) is 9.85. The van der Waals surface area contributed by atoms with Gasteiger partial charge in [0.25, 0.3) is 0 Å². The highest BCUT2D eigenvalue weighted by molar-refractivity contribution is 5.82. The summed E-state index contributed by atoms with van der Waals surface area (Å²) in [5.41, 5.74) is -0.293. The Hall–Kier alpha value is -0.950. The zero-order chi connectivity index (χ0) is 18.1. The molecule has 2 saturated carbocycles. The molecule has 0 aromatic carbocycles. The number of rotatable bonds is 0. The zero-order valence-corrected chi connectivity index (χ0v) is 15.2. The average Bonchev–Trinajstić information content (AvgIpc) is 3.06. The SMILES string of the molecule is C[C@]12CC[C@@H]3C(=C[C@@H]4OC(=O)[C@]5(C)[C@H]4[C@]34CC[C@]5(O)OC4)[C@@H]1OC[C@H]2O. The number of hydrogen-bond acceptors (Lipinski definition) is 6. The van der Waals surface area contributed by atoms with Crippen LogP contribution in [0.3, 0.4) is 0 Å². The summed E-state index contributed by atoms with van der Waals surface area (Å²) in [7, 11) is 0. The van der Waals surface area contributed by atoms with Crippen molar-refractivity contribution < 1.29 is 29.2 Å². The molecule has 3 aliphatic carbocycles. The van der Waals surface area contributed by atoms with E-state index in [4.69, 9.17) is 14.2 Å². The van der Waals surface area contributed by atoms with Crippen LogP contribution in [0.4, 0.5) is 0 Å². The lowest BCUT2D eigenvalue weighted by atomic mass is 9.42. The van der Waals surface area contributed by atoms with Crippen molar-refractivity contribution in [2.75, 3.05) is 13.2 Å². The standard InChI is InChI=1S/C20H26O6/c1-17-4-3-11-10(15(17)24-8-13(17)21)7-12-14-18(2,16(22)26-12)20(23)6-5-19(11,14)9-25-20/h7,11-15,21,23H,3-6,8-9H2,1-2H3/t11-,12+,13-,14+,15+,17-,18+,19+,20+/m1/s1. The molecular weight excluding hydrogens is 336 g/mol. The minimum absolute atomic E-state index is 0.0561. The maximum atomic E-state index is 12.9. The minimum Gasteiger partial charge on any atom is -0.457 e. The number of hydrogen-bond donors (Lipinski definition) is 2. The van der Waals surface area contributed by atoms with Crippen molar-refractivity contribution in [2.45, 2.75) is 63.6 Å². The van der Waals surface area contributed by atoms with Crippen LogP contribution in [0.15, 0.2) is 11.6 Å². The van der Waals surface area contributed by atoms with Gasteiger partial charge in [-0.3, -0.25) is 4.79 Å². The number of esters is 1. The second kappa shape index (κ2) is 4.37. The number of aliphatic hydroxyl groups is 2. The monoisotopic (exact) mass is 362 g/mol. The number of ether oxygens (including phenoxy) is 3. The van der Waals surface area contributed by atoms with Crippen LogP contribution in [0, 0.1) is 28.1 Å². The molecule has 6 fully saturated rings. The van der Waals surface area contributed by atoms with E-state index in [0.717, 1.165) is 19.3 Å². The molecule has 6 heteroatoms. The Bertz CT molecular complexity index is 737. The van der Waals surface area contributed by atoms with E-state index in [1.54, 1.807) is 0 Å². The maximum Gasteiger partial charge on any atom is 0.318 e. The molecule has 4 heterocycles. The molecule has 0 radical (unpaired) electrons. The van der Waals surface area contributed by atoms with E-state index in [1.807, 2.05) is 6.92 Å². The van der Waals surface area contributed by atoms with E-state index >= 15 is 0 Å². The van der Waals surface area contributed by atoms with Gasteiger partial charge in [0.15, 0.2) is 5.79 Å². The van der Waals surface area contributed by atoms with Crippen LogP contribution in [-0.4, -0.2) is 53.5 Å². The molecule has 0 aromatic heterocycles. The molecule has 6 nitrogen and oxygen atoms in total. The summed E-state index contributed by atoms with van der Waals surface area (Å²) in [6, 6.07) is 0. The third-order valence-electron chi connectivity index (χ3n) is 9.07. The van der Waals surface area contributed by atoms with Gasteiger partial charge in [-0.05, 0) is 43.8 Å². The molecule has 0 unspecified atom stereocenters. The molecule has 7 aliphatic rings. The number of fused-ring (bicyclic) bond motifs is 5. The Labute approximate surface area is 152 Å². The maximum absolute atomic E-state index is 12.9. The quantitative estimate of drug-likeness (QED) is 0.497. The second-order valence-corrected chi connectivity index (χ2v) is 9.85. The van der Waals surface area contributed by atoms with Crippen LogP contribution in [0.5, 0.6) is 0 Å². The molecular formula is C20H26O6. The van der Waals surface area contributed by atoms with Gasteiger partial charge in [-0.1, -0.05) is 6.92 Å². The summed E-state index contributed by atoms with van der Waals surface area (Å²) < 4.78 is 17.8. The van der Waals surface area contributed by atoms with Gasteiger partial charge in [0.2, 0.25) is 0 Å². The van der Waals surface area contributed by atoms with Crippen molar-refractivity contribution in [3.8, 4) is 0 Å². The average molecular weight is 362 g/mol. The van der Waals surface area contributed by atoms with Crippen LogP contribution in [0.1, 0.15) is 39.5 Å². The molecule has 26 heavy (non-hydrogen) atoms. The fourth-order valence-corrected chi connectivity index (χ4v) is 7.49. The van der Waals surface area contributed by atoms with Gasteiger partial charge in [0.1, 0.15) is 11.5 Å². The Morgan fingerprint density at radius 1 is 1.23 bits per heavy atom. The van der Waals surface area contributed by atoms with E-state index in [1.165, 1.54) is 5.57 Å². The first-order chi connectivity index (χ1) is 12.3. The molecule has 2 N–H and O–H groups in total. The Balaban J connectivity index is 1.54. The third kappa shape index (κ3) is 1.41. The lowest BCUT2D eigenvalue weighted by molar-refractivity contribution is -0.367. The van der Waals surface area contributed by atoms with E-state index in [-0.39, 0.29) is 40.8 Å². The van der Waals surface area contributed by atoms with Crippen LogP contribution >= 0.6 is 0 Å². The van der Waals surface area contributed by atoms with Crippen LogP contribution in [0.2, 0.25) is 0 Å². The normalized spacial score (nSPS) is 62.2. The summed E-state index contributed by atoms with van der Waals surface area (Å²) in [6.45, 7) is 4.76. The van der Waals surface area contributed by atoms with Crippen molar-refractivity contribution in [1.29, 1.82) is 0 Å². The van der Waals surface area contributed by atoms with Crippen LogP contribution in [0.25, 0.3) is 0 Å². The van der Waals surface area contributed by atoms with E-state index in [0.29, 0.717) is 19.6 Å². The fraction of sp³-hybridized carbons (Fsp3) is 0.850. The fourth-order valence-electron chi connectivity index (χ4n) is 7.49. The Kier molecular flexibility index (Phi) is 2.70. The molecule has 142 valence electrons. The number of aliphatic hydroxyl groups excluding tert-OH is 1. The molecule has 1 spiro atoms. The molecule has 4 aliphatic heterocycles. The van der Waals surface area contributed by atoms with Gasteiger partial charge < -0.3 is 24.4 Å². The van der Waals surface area contributed by atoms with Crippen LogP contribution in [-0.2, 0) is 19.0 Å². The molecule has 4 saturated heterocycles. The Morgan fingerprint density at radius 2 is 2.04 bits per heavy atom. The highest BCUT2D eigenvalue weighted by atomic mass is 16.6. The lowest BCUT2D eigenvalue weighted by Crippen LogP contribution is -2.72. The van der Waals surface area contributed by atoms with Crippen LogP contribution < -0.4 is 0 Å². The summed E-state index contributed by atoms with van der Waals surface area (Å²) in [5, 5.41) is 21.6. The zero-order valence-electron chi connectivity index (χ0n) is 15.2. The molecule has 2 bridgehead atoms. The first-order valence-electron chi connectivity index (χ1n) is 9.85. The van der Waals surface area contributed by atoms with Gasteiger partial charge in [-0.15, -0.1) is 0 Å². The van der Waals surface area contributed by atoms with Gasteiger partial charge >= 0.3 is 5.97 Å². The number of carbonyl (C=O) groups excluding carboxylic acids is 1. The highest BCUT2D eigenvalue weighted by Crippen LogP contribution is 2.72. The summed E-state index contributed by atoms with van der Waals surface area (Å²) >= 11 is 0. The minimum atomic E-state index is -1.42. The van der Waals surface area contributed by atoms with Gasteiger partial charge in [-0.25, -0.2) is 0 Å². The largest absolute Gasteiger partial charge is 0.457 e. The van der Waals surface area contributed by atoms with Crippen molar-refractivity contribution in [2.24, 2.45) is 28.1 Å². The number of carbonyl (C=O) groups is 1. The van der Waals surface area contributed by atoms with Crippen molar-refractivity contribution in [1.82, 2.24) is 0 Å². The second-order valence-electron chi connectivity index (χ2n) is 9.85. The predicted molar refractivity (Wildman–Crippen MR) is 88.7 cm³/mol. The predicted octanol–water partition coefficient (Wildman–Crippen LogP) is 1.15. The Morgan fingerprint density at radius 3 is 2.77 bits per heavy atom. The summed E-state index contributed by atoms with van der Waals surface area (Å²) in [4.78, 5) is 12.9. The summed E-state index contributed by atoms with van der Waals surface area (Å²) in [6.07, 6.45) is 4.33. The van der Waals surface area contributed by atoms with Gasteiger partial charge in [-0.2, -0.15) is 0 Å². The van der Waals surface area contributed by atoms with E-state index < -0.39 is 17.3 Å². The van der Waals surface area contributed by atoms with Gasteiger partial charge in [0, 0.05) is 23.2 Å². The van der Waals surface area contributed by atoms with Gasteiger partial charge in [0.05, 0.1) is 25.4 Å². The first kappa shape index (κ1) is 16.0. The molecule has 7 rings (SSSR count). The molecule has 9 atom stereocenters. The van der Waals surface area contributed by atoms with E-state index in [9.17, 15) is 15.0 Å². The molecule has 0 amide bonds. The van der Waals surface area contributed by atoms with Crippen molar-refractivity contribution in [3.63, 3.8) is 0 Å². The van der Waals surface area contributed by atoms with Crippen molar-refractivity contribution >= 4 is 5.97 Å². The van der Waals surface area contributed by atoms with Crippen molar-refractivity contribution in [3.05, 3.63) is 11.6 Å². The lowest BCUT2D eigenvalue weighted by Gasteiger charge is -2.66. The summed E-state index contributed by atoms with van der Waals surface area (Å²) in [5.74, 6) is -1.56.